The largest absolute Gasteiger partial charge is 0.357 e. The van der Waals surface area contributed by atoms with Gasteiger partial charge in [0.25, 0.3) is 0 Å². The summed E-state index contributed by atoms with van der Waals surface area (Å²) in [6.45, 7) is 9.63. The highest BCUT2D eigenvalue weighted by molar-refractivity contribution is 7.88. The number of nitrogens with zero attached hydrogens (tertiary/aromatic N) is 2. The van der Waals surface area contributed by atoms with Crippen molar-refractivity contribution in [2.45, 2.75) is 46.2 Å². The molecule has 142 valence electrons. The first kappa shape index (κ1) is 21.4. The Hall–Kier alpha value is -1.60. The van der Waals surface area contributed by atoms with E-state index in [-0.39, 0.29) is 0 Å². The first-order chi connectivity index (χ1) is 11.6. The Balaban J connectivity index is 2.82. The minimum absolute atomic E-state index is 0.349. The van der Waals surface area contributed by atoms with Gasteiger partial charge >= 0.3 is 0 Å². The van der Waals surface area contributed by atoms with Crippen molar-refractivity contribution >= 4 is 16.0 Å². The summed E-state index contributed by atoms with van der Waals surface area (Å²) >= 11 is 0. The highest BCUT2D eigenvalue weighted by atomic mass is 32.2. The zero-order chi connectivity index (χ0) is 19.1. The molecule has 0 heterocycles. The summed E-state index contributed by atoms with van der Waals surface area (Å²) in [5.41, 5.74) is 1.89. The molecule has 0 atom stereocenters. The molecule has 0 aliphatic rings. The average molecular weight is 369 g/mol. The number of hydrogen-bond acceptors (Lipinski definition) is 3. The van der Waals surface area contributed by atoms with Crippen molar-refractivity contribution in [2.75, 3.05) is 26.4 Å². The fourth-order valence-corrected chi connectivity index (χ4v) is 3.57. The monoisotopic (exact) mass is 368 g/mol. The molecule has 0 spiro atoms. The quantitative estimate of drug-likeness (QED) is 0.543. The molecule has 0 radical (unpaired) electrons. The minimum Gasteiger partial charge on any atom is -0.357 e. The first-order valence-electron chi connectivity index (χ1n) is 8.62. The molecular weight excluding hydrogens is 336 g/mol. The Morgan fingerprint density at radius 2 is 1.72 bits per heavy atom. The summed E-state index contributed by atoms with van der Waals surface area (Å²) in [5, 5.41) is 3.26. The third-order valence-corrected chi connectivity index (χ3v) is 4.56. The van der Waals surface area contributed by atoms with Crippen LogP contribution in [0.15, 0.2) is 29.3 Å². The van der Waals surface area contributed by atoms with Gasteiger partial charge in [-0.1, -0.05) is 31.2 Å². The van der Waals surface area contributed by atoms with Crippen LogP contribution in [0.25, 0.3) is 0 Å². The van der Waals surface area contributed by atoms with Crippen molar-refractivity contribution in [3.63, 3.8) is 0 Å². The van der Waals surface area contributed by atoms with Crippen molar-refractivity contribution in [3.8, 4) is 0 Å². The molecule has 0 saturated heterocycles. The SMILES string of the molecule is CCNC(=NCC(C)(C)NS(C)(=O)=O)N(C)Cc1ccc(CC)cc1. The van der Waals surface area contributed by atoms with Crippen LogP contribution < -0.4 is 10.0 Å². The van der Waals surface area contributed by atoms with Gasteiger partial charge in [-0.3, -0.25) is 4.99 Å². The highest BCUT2D eigenvalue weighted by Gasteiger charge is 2.22. The van der Waals surface area contributed by atoms with E-state index in [2.05, 4.69) is 46.2 Å². The molecule has 1 aromatic rings. The van der Waals surface area contributed by atoms with Crippen LogP contribution in [0.2, 0.25) is 0 Å². The maximum Gasteiger partial charge on any atom is 0.209 e. The molecular formula is C18H32N4O2S. The predicted octanol–water partition coefficient (Wildman–Crippen LogP) is 1.97. The predicted molar refractivity (Wildman–Crippen MR) is 105 cm³/mol. The fraction of sp³-hybridized carbons (Fsp3) is 0.611. The van der Waals surface area contributed by atoms with Gasteiger partial charge in [0.2, 0.25) is 10.0 Å². The summed E-state index contributed by atoms with van der Waals surface area (Å²) < 4.78 is 25.5. The zero-order valence-corrected chi connectivity index (χ0v) is 17.1. The van der Waals surface area contributed by atoms with Crippen LogP contribution in [0.5, 0.6) is 0 Å². The zero-order valence-electron chi connectivity index (χ0n) is 16.3. The molecule has 0 saturated carbocycles. The van der Waals surface area contributed by atoms with E-state index in [4.69, 9.17) is 0 Å². The Morgan fingerprint density at radius 3 is 2.20 bits per heavy atom. The lowest BCUT2D eigenvalue weighted by atomic mass is 10.1. The van der Waals surface area contributed by atoms with Crippen LogP contribution in [-0.4, -0.2) is 51.2 Å². The number of benzene rings is 1. The number of nitrogens with one attached hydrogen (secondary N) is 2. The standard InChI is InChI=1S/C18H32N4O2S/c1-7-15-9-11-16(12-10-15)13-22(5)17(19-8-2)20-14-18(3,4)21-25(6,23)24/h9-12,21H,7-8,13-14H2,1-6H3,(H,19,20). The van der Waals surface area contributed by atoms with E-state index in [1.54, 1.807) is 0 Å². The lowest BCUT2D eigenvalue weighted by molar-refractivity contribution is 0.446. The van der Waals surface area contributed by atoms with E-state index in [1.807, 2.05) is 32.7 Å². The molecule has 0 aliphatic carbocycles. The van der Waals surface area contributed by atoms with E-state index < -0.39 is 15.6 Å². The Labute approximate surface area is 152 Å². The second kappa shape index (κ2) is 9.20. The van der Waals surface area contributed by atoms with Crippen molar-refractivity contribution in [2.24, 2.45) is 4.99 Å². The van der Waals surface area contributed by atoms with Gasteiger partial charge in [0.15, 0.2) is 5.96 Å². The van der Waals surface area contributed by atoms with Crippen LogP contribution >= 0.6 is 0 Å². The van der Waals surface area contributed by atoms with Crippen LogP contribution in [0.3, 0.4) is 0 Å². The normalized spacial score (nSPS) is 13.0. The van der Waals surface area contributed by atoms with Gasteiger partial charge in [-0.2, -0.15) is 0 Å². The lowest BCUT2D eigenvalue weighted by Gasteiger charge is -2.26. The van der Waals surface area contributed by atoms with Crippen molar-refractivity contribution in [3.05, 3.63) is 35.4 Å². The van der Waals surface area contributed by atoms with E-state index in [0.29, 0.717) is 6.54 Å². The second-order valence-electron chi connectivity index (χ2n) is 6.95. The van der Waals surface area contributed by atoms with Crippen LogP contribution in [-0.2, 0) is 23.0 Å². The molecule has 0 amide bonds. The maximum atomic E-state index is 11.5. The fourth-order valence-electron chi connectivity index (χ4n) is 2.51. The summed E-state index contributed by atoms with van der Waals surface area (Å²) in [6.07, 6.45) is 2.19. The average Bonchev–Trinajstić information content (AvgIpc) is 2.49. The van der Waals surface area contributed by atoms with E-state index >= 15 is 0 Å². The molecule has 0 fully saturated rings. The number of hydrogen-bond donors (Lipinski definition) is 2. The molecule has 7 heteroatoms. The van der Waals surface area contributed by atoms with Crippen LogP contribution in [0, 0.1) is 0 Å². The van der Waals surface area contributed by atoms with E-state index in [0.717, 1.165) is 31.7 Å². The summed E-state index contributed by atoms with van der Waals surface area (Å²) in [4.78, 5) is 6.65. The van der Waals surface area contributed by atoms with Gasteiger partial charge in [0.05, 0.1) is 12.8 Å². The first-order valence-corrected chi connectivity index (χ1v) is 10.5. The Morgan fingerprint density at radius 1 is 1.16 bits per heavy atom. The highest BCUT2D eigenvalue weighted by Crippen LogP contribution is 2.09. The van der Waals surface area contributed by atoms with Gasteiger partial charge in [-0.15, -0.1) is 0 Å². The van der Waals surface area contributed by atoms with Crippen LogP contribution in [0.1, 0.15) is 38.8 Å². The Kier molecular flexibility index (Phi) is 7.89. The van der Waals surface area contributed by atoms with E-state index in [1.165, 1.54) is 11.1 Å². The maximum absolute atomic E-state index is 11.5. The topological polar surface area (TPSA) is 73.8 Å². The van der Waals surface area contributed by atoms with Gasteiger partial charge in [0.1, 0.15) is 0 Å². The Bertz CT molecular complexity index is 667. The van der Waals surface area contributed by atoms with E-state index in [9.17, 15) is 8.42 Å². The van der Waals surface area contributed by atoms with Gasteiger partial charge in [0, 0.05) is 25.7 Å². The van der Waals surface area contributed by atoms with Crippen molar-refractivity contribution in [1.29, 1.82) is 0 Å². The number of guanidine groups is 1. The lowest BCUT2D eigenvalue weighted by Crippen LogP contribution is -2.46. The van der Waals surface area contributed by atoms with Crippen molar-refractivity contribution in [1.82, 2.24) is 14.9 Å². The summed E-state index contributed by atoms with van der Waals surface area (Å²) in [5.74, 6) is 0.755. The van der Waals surface area contributed by atoms with Gasteiger partial charge in [-0.25, -0.2) is 13.1 Å². The minimum atomic E-state index is -3.27. The molecule has 25 heavy (non-hydrogen) atoms. The third kappa shape index (κ3) is 8.36. The van der Waals surface area contributed by atoms with Crippen molar-refractivity contribution < 1.29 is 8.42 Å². The number of rotatable bonds is 8. The van der Waals surface area contributed by atoms with Crippen LogP contribution in [0.4, 0.5) is 0 Å². The molecule has 2 N–H and O–H groups in total. The second-order valence-corrected chi connectivity index (χ2v) is 8.70. The van der Waals surface area contributed by atoms with Gasteiger partial charge in [-0.05, 0) is 38.3 Å². The summed E-state index contributed by atoms with van der Waals surface area (Å²) in [7, 11) is -1.29. The van der Waals surface area contributed by atoms with Gasteiger partial charge < -0.3 is 10.2 Å². The number of aryl methyl sites for hydroxylation is 1. The molecule has 0 aromatic heterocycles. The number of sulfonamides is 1. The third-order valence-electron chi connectivity index (χ3n) is 3.63. The molecule has 0 aliphatic heterocycles. The summed E-state index contributed by atoms with van der Waals surface area (Å²) in [6, 6.07) is 8.56. The molecule has 0 unspecified atom stereocenters. The molecule has 1 rings (SSSR count). The molecule has 1 aromatic carbocycles. The smallest absolute Gasteiger partial charge is 0.209 e. The molecule has 6 nitrogen and oxygen atoms in total. The number of aliphatic imine (C=N–C) groups is 1. The molecule has 0 bridgehead atoms.